The molecule has 52 valence electrons. The maximum absolute atomic E-state index is 4.02. The monoisotopic (exact) mass is 127 g/mol. The number of nitrogens with zero attached hydrogens (tertiary/aromatic N) is 2. The van der Waals surface area contributed by atoms with Crippen molar-refractivity contribution in [1.82, 2.24) is 0 Å². The van der Waals surface area contributed by atoms with E-state index in [1.807, 2.05) is 33.9 Å². The second-order valence-corrected chi connectivity index (χ2v) is 2.98. The normalized spacial score (nSPS) is 10.2. The third kappa shape index (κ3) is 7.38. The molecule has 0 radical (unpaired) electrons. The van der Waals surface area contributed by atoms with Crippen molar-refractivity contribution in [2.45, 2.75) is 39.7 Å². The Kier molecular flexibility index (Phi) is 3.18. The van der Waals surface area contributed by atoms with Gasteiger partial charge in [-0.3, -0.25) is 0 Å². The van der Waals surface area contributed by atoms with Crippen LogP contribution < -0.4 is 0 Å². The Morgan fingerprint density at radius 1 is 1.44 bits per heavy atom. The molecule has 0 aromatic rings. The molecule has 2 nitrogen and oxygen atoms in total. The second kappa shape index (κ2) is 3.41. The van der Waals surface area contributed by atoms with E-state index >= 15 is 0 Å². The third-order valence-electron chi connectivity index (χ3n) is 0.622. The molecule has 0 amide bonds. The van der Waals surface area contributed by atoms with Crippen molar-refractivity contribution in [3.05, 3.63) is 0 Å². The summed E-state index contributed by atoms with van der Waals surface area (Å²) in [7, 11) is 0. The predicted octanol–water partition coefficient (Wildman–Crippen LogP) is 1.93. The van der Waals surface area contributed by atoms with Crippen molar-refractivity contribution in [2.75, 3.05) is 0 Å². The van der Waals surface area contributed by atoms with Gasteiger partial charge in [-0.25, -0.2) is 0 Å². The van der Waals surface area contributed by atoms with Gasteiger partial charge in [0.2, 0.25) is 0 Å². The van der Waals surface area contributed by atoms with E-state index in [2.05, 4.69) is 9.90 Å². The van der Waals surface area contributed by atoms with Crippen molar-refractivity contribution >= 4 is 6.21 Å². The molecule has 0 aliphatic heterocycles. The fourth-order valence-electron chi connectivity index (χ4n) is 0.296. The van der Waals surface area contributed by atoms with Crippen LogP contribution in [0.15, 0.2) is 5.11 Å². The van der Waals surface area contributed by atoms with E-state index in [1.165, 1.54) is 0 Å². The zero-order valence-corrected chi connectivity index (χ0v) is 6.68. The van der Waals surface area contributed by atoms with Crippen LogP contribution in [0.25, 0.3) is 0 Å². The molecule has 0 atom stereocenters. The van der Waals surface area contributed by atoms with Gasteiger partial charge in [-0.05, 0) is 20.8 Å². The fourth-order valence-corrected chi connectivity index (χ4v) is 0.296. The Balaban J connectivity index is 3.84. The molecular weight excluding hydrogens is 112 g/mol. The van der Waals surface area contributed by atoms with Crippen LogP contribution in [-0.4, -0.2) is 16.5 Å². The van der Waals surface area contributed by atoms with Crippen LogP contribution in [0.5, 0.6) is 0 Å². The summed E-state index contributed by atoms with van der Waals surface area (Å²) in [5.41, 5.74) is -0.0222. The van der Waals surface area contributed by atoms with Crippen LogP contribution in [-0.2, 0) is 0 Å². The molecule has 0 spiro atoms. The van der Waals surface area contributed by atoms with Gasteiger partial charge in [0.25, 0.3) is 0 Å². The van der Waals surface area contributed by atoms with Crippen LogP contribution in [0, 0.1) is 0 Å². The smallest absolute Gasteiger partial charge is 0.0548 e. The molecule has 0 saturated carbocycles. The molecule has 0 N–H and O–H groups in total. The number of hydrogen-bond acceptors (Lipinski definition) is 1. The zero-order chi connectivity index (χ0) is 7.33. The first-order valence-corrected chi connectivity index (χ1v) is 3.30. The minimum absolute atomic E-state index is 0.0222. The van der Waals surface area contributed by atoms with Crippen molar-refractivity contribution < 1.29 is 4.79 Å². The highest BCUT2D eigenvalue weighted by atomic mass is 15.1. The number of rotatable bonds is 1. The van der Waals surface area contributed by atoms with Crippen molar-refractivity contribution in [3.63, 3.8) is 0 Å². The highest BCUT2D eigenvalue weighted by Gasteiger charge is 2.12. The largest absolute Gasteiger partial charge is 0.306 e. The minimum atomic E-state index is -0.0222. The molecule has 0 unspecified atom stereocenters. The first kappa shape index (κ1) is 8.38. The van der Waals surface area contributed by atoms with Gasteiger partial charge in [0.15, 0.2) is 0 Å². The van der Waals surface area contributed by atoms with E-state index in [-0.39, 0.29) is 5.54 Å². The quantitative estimate of drug-likeness (QED) is 0.292. The topological polar surface area (TPSA) is 26.5 Å². The van der Waals surface area contributed by atoms with E-state index in [1.54, 1.807) is 0 Å². The molecule has 0 fully saturated rings. The Hall–Kier alpha value is -0.620. The average Bonchev–Trinajstić information content (AvgIpc) is 1.63. The molecule has 0 aromatic carbocycles. The van der Waals surface area contributed by atoms with Crippen molar-refractivity contribution in [1.29, 1.82) is 0 Å². The van der Waals surface area contributed by atoms with Gasteiger partial charge >= 0.3 is 6.21 Å². The lowest BCUT2D eigenvalue weighted by Crippen LogP contribution is -2.08. The molecule has 2 heteroatoms. The van der Waals surface area contributed by atoms with E-state index in [0.717, 1.165) is 6.42 Å². The lowest BCUT2D eigenvalue weighted by atomic mass is 10.1. The summed E-state index contributed by atoms with van der Waals surface area (Å²) in [5.74, 6) is 0. The number of hydrogen-bond donors (Lipinski definition) is 0. The van der Waals surface area contributed by atoms with E-state index in [0.29, 0.717) is 0 Å². The Morgan fingerprint density at radius 2 is 2.00 bits per heavy atom. The Morgan fingerprint density at radius 3 is 2.33 bits per heavy atom. The Labute approximate surface area is 56.7 Å². The minimum Gasteiger partial charge on any atom is -0.0548 e. The van der Waals surface area contributed by atoms with Crippen molar-refractivity contribution in [2.24, 2.45) is 5.11 Å². The summed E-state index contributed by atoms with van der Waals surface area (Å²) in [5, 5.41) is 4.02. The van der Waals surface area contributed by atoms with Gasteiger partial charge in [-0.1, -0.05) is 6.92 Å². The molecule has 0 heterocycles. The van der Waals surface area contributed by atoms with Gasteiger partial charge in [0.1, 0.15) is 5.54 Å². The first-order chi connectivity index (χ1) is 4.06. The predicted molar refractivity (Wildman–Crippen MR) is 38.8 cm³/mol. The third-order valence-corrected chi connectivity index (χ3v) is 0.622. The molecule has 0 aromatic heterocycles. The lowest BCUT2D eigenvalue weighted by molar-refractivity contribution is -0.104. The van der Waals surface area contributed by atoms with Crippen LogP contribution in [0.4, 0.5) is 0 Å². The van der Waals surface area contributed by atoms with Gasteiger partial charge < -0.3 is 0 Å². The van der Waals surface area contributed by atoms with Crippen LogP contribution in [0.3, 0.4) is 0 Å². The molecule has 0 rings (SSSR count). The molecule has 0 saturated heterocycles. The first-order valence-electron chi connectivity index (χ1n) is 3.30. The van der Waals surface area contributed by atoms with Crippen LogP contribution in [0.2, 0.25) is 0 Å². The molecule has 0 aliphatic carbocycles. The van der Waals surface area contributed by atoms with Gasteiger partial charge in [-0.2, -0.15) is 0 Å². The molecule has 0 bridgehead atoms. The second-order valence-electron chi connectivity index (χ2n) is 2.98. The standard InChI is InChI=1S/C7H15N2/c1-5-6-8-9-7(2,3)4/h6H,5H2,1-4H3/q+1. The zero-order valence-electron chi connectivity index (χ0n) is 6.68. The molecule has 9 heavy (non-hydrogen) atoms. The summed E-state index contributed by atoms with van der Waals surface area (Å²) in [4.78, 5) is 3.86. The van der Waals surface area contributed by atoms with E-state index in [4.69, 9.17) is 0 Å². The van der Waals surface area contributed by atoms with Gasteiger partial charge in [0, 0.05) is 11.2 Å². The maximum Gasteiger partial charge on any atom is 0.306 e. The Bertz CT molecular complexity index is 124. The van der Waals surface area contributed by atoms with E-state index in [9.17, 15) is 0 Å². The SMILES string of the molecule is CCC=[N+]=NC(C)(C)C. The average molecular weight is 127 g/mol. The fraction of sp³-hybridized carbons (Fsp3) is 0.857. The summed E-state index contributed by atoms with van der Waals surface area (Å²) >= 11 is 0. The highest BCUT2D eigenvalue weighted by Crippen LogP contribution is 2.02. The van der Waals surface area contributed by atoms with E-state index < -0.39 is 0 Å². The lowest BCUT2D eigenvalue weighted by Gasteiger charge is -1.97. The molecular formula is C7H15N2+. The summed E-state index contributed by atoms with van der Waals surface area (Å²) in [6.45, 7) is 8.13. The van der Waals surface area contributed by atoms with Crippen LogP contribution >= 0.6 is 0 Å². The maximum atomic E-state index is 4.02. The van der Waals surface area contributed by atoms with Crippen LogP contribution in [0.1, 0.15) is 34.1 Å². The van der Waals surface area contributed by atoms with Crippen molar-refractivity contribution in [3.8, 4) is 0 Å². The highest BCUT2D eigenvalue weighted by molar-refractivity contribution is 5.49. The summed E-state index contributed by atoms with van der Waals surface area (Å²) < 4.78 is 0. The molecule has 0 aliphatic rings. The van der Waals surface area contributed by atoms with Gasteiger partial charge in [-0.15, -0.1) is 0 Å². The van der Waals surface area contributed by atoms with Gasteiger partial charge in [0.05, 0.1) is 5.11 Å². The summed E-state index contributed by atoms with van der Waals surface area (Å²) in [6, 6.07) is 0. The summed E-state index contributed by atoms with van der Waals surface area (Å²) in [6.07, 6.45) is 2.77.